The summed E-state index contributed by atoms with van der Waals surface area (Å²) in [5.74, 6) is 1.32. The molecule has 196 valence electrons. The first-order valence-electron chi connectivity index (χ1n) is 13.5. The molecule has 8 nitrogen and oxygen atoms in total. The van der Waals surface area contributed by atoms with Crippen molar-refractivity contribution in [2.24, 2.45) is 7.05 Å². The van der Waals surface area contributed by atoms with Crippen molar-refractivity contribution in [3.63, 3.8) is 0 Å². The largest absolute Gasteiger partial charge is 0.368 e. The van der Waals surface area contributed by atoms with Crippen LogP contribution in [0, 0.1) is 6.92 Å². The highest BCUT2D eigenvalue weighted by atomic mass is 16.1. The average Bonchev–Trinajstić information content (AvgIpc) is 2.92. The molecular weight excluding hydrogens is 462 g/mol. The van der Waals surface area contributed by atoms with Gasteiger partial charge in [0.15, 0.2) is 0 Å². The Hall–Kier alpha value is -3.23. The third-order valence-corrected chi connectivity index (χ3v) is 7.50. The van der Waals surface area contributed by atoms with Crippen molar-refractivity contribution in [3.8, 4) is 11.1 Å². The van der Waals surface area contributed by atoms with E-state index in [0.29, 0.717) is 0 Å². The maximum atomic E-state index is 12.2. The van der Waals surface area contributed by atoms with Crippen LogP contribution in [-0.4, -0.2) is 71.8 Å². The van der Waals surface area contributed by atoms with Crippen molar-refractivity contribution in [1.82, 2.24) is 24.8 Å². The standard InChI is InChI=1S/C29H39N7O/c1-21(2)28-26(23-17-22(3)29(37)33(4)19-23)7-8-27(32-28)36-15-13-34(14-16-36)20-24-5-6-25(18-31-24)35-11-9-30-10-12-35/h5-8,17-19,21,30H,9-16,20H2,1-4H3. The van der Waals surface area contributed by atoms with Gasteiger partial charge < -0.3 is 19.7 Å². The third-order valence-electron chi connectivity index (χ3n) is 7.50. The van der Waals surface area contributed by atoms with Crippen LogP contribution in [0.3, 0.4) is 0 Å². The van der Waals surface area contributed by atoms with E-state index in [2.05, 4.69) is 58.1 Å². The molecule has 0 spiro atoms. The molecule has 1 N–H and O–H groups in total. The molecule has 2 aliphatic heterocycles. The van der Waals surface area contributed by atoms with Gasteiger partial charge in [-0.3, -0.25) is 14.7 Å². The first kappa shape index (κ1) is 25.4. The maximum absolute atomic E-state index is 12.2. The van der Waals surface area contributed by atoms with Crippen LogP contribution in [0.5, 0.6) is 0 Å². The number of pyridine rings is 3. The second-order valence-corrected chi connectivity index (χ2v) is 10.6. The Morgan fingerprint density at radius 2 is 1.73 bits per heavy atom. The lowest BCUT2D eigenvalue weighted by atomic mass is 9.97. The van der Waals surface area contributed by atoms with Crippen LogP contribution in [0.15, 0.2) is 47.5 Å². The molecule has 37 heavy (non-hydrogen) atoms. The maximum Gasteiger partial charge on any atom is 0.253 e. The molecular formula is C29H39N7O. The van der Waals surface area contributed by atoms with Gasteiger partial charge >= 0.3 is 0 Å². The second kappa shape index (κ2) is 11.0. The molecule has 5 rings (SSSR count). The van der Waals surface area contributed by atoms with E-state index in [1.165, 1.54) is 5.69 Å². The van der Waals surface area contributed by atoms with Gasteiger partial charge in [0.2, 0.25) is 0 Å². The normalized spacial score (nSPS) is 17.0. The van der Waals surface area contributed by atoms with Gasteiger partial charge in [0.1, 0.15) is 5.82 Å². The Balaban J connectivity index is 1.23. The van der Waals surface area contributed by atoms with Gasteiger partial charge in [-0.2, -0.15) is 0 Å². The Morgan fingerprint density at radius 3 is 2.38 bits per heavy atom. The van der Waals surface area contributed by atoms with Crippen molar-refractivity contribution in [1.29, 1.82) is 0 Å². The van der Waals surface area contributed by atoms with Crippen LogP contribution in [0.2, 0.25) is 0 Å². The summed E-state index contributed by atoms with van der Waals surface area (Å²) in [6.45, 7) is 15.1. The van der Waals surface area contributed by atoms with E-state index in [1.807, 2.05) is 32.4 Å². The van der Waals surface area contributed by atoms with Crippen LogP contribution in [0.4, 0.5) is 11.5 Å². The highest BCUT2D eigenvalue weighted by molar-refractivity contribution is 5.68. The van der Waals surface area contributed by atoms with Crippen molar-refractivity contribution >= 4 is 11.5 Å². The molecule has 0 amide bonds. The monoisotopic (exact) mass is 501 g/mol. The fourth-order valence-corrected chi connectivity index (χ4v) is 5.33. The van der Waals surface area contributed by atoms with Gasteiger partial charge in [-0.05, 0) is 43.2 Å². The van der Waals surface area contributed by atoms with E-state index < -0.39 is 0 Å². The Bertz CT molecular complexity index is 1240. The number of aryl methyl sites for hydroxylation is 2. The zero-order valence-electron chi connectivity index (χ0n) is 22.6. The minimum atomic E-state index is 0.0444. The number of nitrogens with one attached hydrogen (secondary N) is 1. The fourth-order valence-electron chi connectivity index (χ4n) is 5.33. The van der Waals surface area contributed by atoms with Gasteiger partial charge in [0.25, 0.3) is 5.56 Å². The van der Waals surface area contributed by atoms with Crippen LogP contribution in [-0.2, 0) is 13.6 Å². The summed E-state index contributed by atoms with van der Waals surface area (Å²) in [5.41, 5.74) is 6.37. The summed E-state index contributed by atoms with van der Waals surface area (Å²) < 4.78 is 1.66. The van der Waals surface area contributed by atoms with Crippen LogP contribution in [0.1, 0.15) is 36.7 Å². The number of hydrogen-bond donors (Lipinski definition) is 1. The topological polar surface area (TPSA) is 69.5 Å². The van der Waals surface area contributed by atoms with Gasteiger partial charge in [0, 0.05) is 88.8 Å². The molecule has 5 heterocycles. The predicted octanol–water partition coefficient (Wildman–Crippen LogP) is 3.01. The number of anilines is 2. The third kappa shape index (κ3) is 5.70. The Morgan fingerprint density at radius 1 is 0.973 bits per heavy atom. The summed E-state index contributed by atoms with van der Waals surface area (Å²) in [6, 6.07) is 10.7. The summed E-state index contributed by atoms with van der Waals surface area (Å²) >= 11 is 0. The molecule has 0 atom stereocenters. The number of hydrogen-bond acceptors (Lipinski definition) is 7. The van der Waals surface area contributed by atoms with E-state index in [4.69, 9.17) is 9.97 Å². The summed E-state index contributed by atoms with van der Waals surface area (Å²) in [6.07, 6.45) is 3.95. The first-order valence-corrected chi connectivity index (χ1v) is 13.5. The lowest BCUT2D eigenvalue weighted by Gasteiger charge is -2.35. The van der Waals surface area contributed by atoms with E-state index >= 15 is 0 Å². The van der Waals surface area contributed by atoms with Crippen LogP contribution in [0.25, 0.3) is 11.1 Å². The zero-order valence-corrected chi connectivity index (χ0v) is 22.6. The molecule has 3 aromatic heterocycles. The highest BCUT2D eigenvalue weighted by Gasteiger charge is 2.21. The second-order valence-electron chi connectivity index (χ2n) is 10.6. The zero-order chi connectivity index (χ0) is 25.9. The summed E-state index contributed by atoms with van der Waals surface area (Å²) in [4.78, 5) is 29.3. The highest BCUT2D eigenvalue weighted by Crippen LogP contribution is 2.30. The molecule has 2 saturated heterocycles. The van der Waals surface area contributed by atoms with Crippen molar-refractivity contribution in [3.05, 3.63) is 70.0 Å². The molecule has 0 aromatic carbocycles. The molecule has 8 heteroatoms. The lowest BCUT2D eigenvalue weighted by Crippen LogP contribution is -2.46. The quantitative estimate of drug-likeness (QED) is 0.557. The average molecular weight is 502 g/mol. The van der Waals surface area contributed by atoms with E-state index in [0.717, 1.165) is 92.8 Å². The number of aromatic nitrogens is 3. The van der Waals surface area contributed by atoms with Gasteiger partial charge in [-0.25, -0.2) is 4.98 Å². The summed E-state index contributed by atoms with van der Waals surface area (Å²) in [5, 5.41) is 3.40. The summed E-state index contributed by atoms with van der Waals surface area (Å²) in [7, 11) is 1.81. The molecule has 2 fully saturated rings. The van der Waals surface area contributed by atoms with E-state index in [1.54, 1.807) is 4.57 Å². The van der Waals surface area contributed by atoms with E-state index in [9.17, 15) is 4.79 Å². The van der Waals surface area contributed by atoms with Crippen LogP contribution < -0.4 is 20.7 Å². The van der Waals surface area contributed by atoms with Crippen molar-refractivity contribution in [2.45, 2.75) is 33.2 Å². The lowest BCUT2D eigenvalue weighted by molar-refractivity contribution is 0.246. The number of rotatable bonds is 6. The van der Waals surface area contributed by atoms with Crippen molar-refractivity contribution in [2.75, 3.05) is 62.2 Å². The van der Waals surface area contributed by atoms with Gasteiger partial charge in [0.05, 0.1) is 23.3 Å². The fraction of sp³-hybridized carbons (Fsp3) is 0.483. The van der Waals surface area contributed by atoms with E-state index in [-0.39, 0.29) is 11.5 Å². The Labute approximate surface area is 220 Å². The predicted molar refractivity (Wildman–Crippen MR) is 151 cm³/mol. The first-order chi connectivity index (χ1) is 17.9. The molecule has 3 aromatic rings. The minimum Gasteiger partial charge on any atom is -0.368 e. The minimum absolute atomic E-state index is 0.0444. The number of nitrogens with zero attached hydrogens (tertiary/aromatic N) is 6. The molecule has 0 radical (unpaired) electrons. The van der Waals surface area contributed by atoms with Crippen LogP contribution >= 0.6 is 0 Å². The smallest absolute Gasteiger partial charge is 0.253 e. The molecule has 0 unspecified atom stereocenters. The van der Waals surface area contributed by atoms with Crippen molar-refractivity contribution < 1.29 is 0 Å². The molecule has 2 aliphatic rings. The molecule has 0 aliphatic carbocycles. The molecule has 0 saturated carbocycles. The van der Waals surface area contributed by atoms with Gasteiger partial charge in [-0.1, -0.05) is 13.8 Å². The SMILES string of the molecule is Cc1cc(-c2ccc(N3CCN(Cc4ccc(N5CCNCC5)cn4)CC3)nc2C(C)C)cn(C)c1=O. The molecule has 0 bridgehead atoms. The number of piperazine rings is 2. The Kier molecular flexibility index (Phi) is 7.58. The van der Waals surface area contributed by atoms with Gasteiger partial charge in [-0.15, -0.1) is 0 Å².